The van der Waals surface area contributed by atoms with E-state index in [0.29, 0.717) is 5.82 Å². The summed E-state index contributed by atoms with van der Waals surface area (Å²) in [5.74, 6) is 0.494. The predicted octanol–water partition coefficient (Wildman–Crippen LogP) is 2.53. The van der Waals surface area contributed by atoms with Gasteiger partial charge in [0, 0.05) is 17.5 Å². The van der Waals surface area contributed by atoms with Gasteiger partial charge in [-0.15, -0.1) is 0 Å². The SMILES string of the molecule is Cc1ccc(-n2cncc2-c2ccnc(N)c2)c(C)n1. The van der Waals surface area contributed by atoms with Crippen molar-refractivity contribution in [3.05, 3.63) is 54.4 Å². The number of nitrogens with two attached hydrogens (primary N) is 1. The lowest BCUT2D eigenvalue weighted by Crippen LogP contribution is -2.01. The van der Waals surface area contributed by atoms with Gasteiger partial charge < -0.3 is 5.73 Å². The smallest absolute Gasteiger partial charge is 0.123 e. The van der Waals surface area contributed by atoms with Gasteiger partial charge in [0.25, 0.3) is 0 Å². The minimum Gasteiger partial charge on any atom is -0.384 e. The fourth-order valence-corrected chi connectivity index (χ4v) is 2.24. The largest absolute Gasteiger partial charge is 0.384 e. The van der Waals surface area contributed by atoms with Gasteiger partial charge in [-0.2, -0.15) is 0 Å². The maximum atomic E-state index is 5.75. The van der Waals surface area contributed by atoms with Crippen molar-refractivity contribution in [3.63, 3.8) is 0 Å². The van der Waals surface area contributed by atoms with Crippen LogP contribution in [0.2, 0.25) is 0 Å². The van der Waals surface area contributed by atoms with Crippen molar-refractivity contribution in [1.82, 2.24) is 19.5 Å². The first-order chi connectivity index (χ1) is 9.65. The van der Waals surface area contributed by atoms with Crippen LogP contribution in [0.25, 0.3) is 16.9 Å². The first-order valence-corrected chi connectivity index (χ1v) is 6.34. The van der Waals surface area contributed by atoms with Crippen LogP contribution in [0.5, 0.6) is 0 Å². The standard InChI is InChI=1S/C15H15N5/c1-10-3-4-13(11(2)19-10)20-9-17-8-14(20)12-5-6-18-15(16)7-12/h3-9H,1-2H3,(H2,16,18). The van der Waals surface area contributed by atoms with Crippen molar-refractivity contribution in [2.45, 2.75) is 13.8 Å². The Bertz CT molecular complexity index is 760. The van der Waals surface area contributed by atoms with Gasteiger partial charge >= 0.3 is 0 Å². The molecule has 0 aliphatic rings. The zero-order chi connectivity index (χ0) is 14.1. The molecule has 0 saturated carbocycles. The quantitative estimate of drug-likeness (QED) is 0.773. The van der Waals surface area contributed by atoms with E-state index in [1.165, 1.54) is 0 Å². The summed E-state index contributed by atoms with van der Waals surface area (Å²) in [6, 6.07) is 7.80. The van der Waals surface area contributed by atoms with Gasteiger partial charge in [-0.25, -0.2) is 9.97 Å². The third-order valence-electron chi connectivity index (χ3n) is 3.17. The first kappa shape index (κ1) is 12.3. The van der Waals surface area contributed by atoms with Crippen LogP contribution in [0.1, 0.15) is 11.4 Å². The third kappa shape index (κ3) is 2.14. The van der Waals surface area contributed by atoms with E-state index in [1.54, 1.807) is 12.5 Å². The van der Waals surface area contributed by atoms with Crippen molar-refractivity contribution in [2.75, 3.05) is 5.73 Å². The highest BCUT2D eigenvalue weighted by molar-refractivity contribution is 5.64. The molecule has 0 atom stereocenters. The highest BCUT2D eigenvalue weighted by Gasteiger charge is 2.10. The van der Waals surface area contributed by atoms with E-state index in [9.17, 15) is 0 Å². The zero-order valence-electron chi connectivity index (χ0n) is 11.4. The van der Waals surface area contributed by atoms with E-state index in [1.807, 2.05) is 48.9 Å². The summed E-state index contributed by atoms with van der Waals surface area (Å²) in [6.07, 6.45) is 5.29. The second-order valence-electron chi connectivity index (χ2n) is 4.68. The fourth-order valence-electron chi connectivity index (χ4n) is 2.24. The van der Waals surface area contributed by atoms with E-state index < -0.39 is 0 Å². The summed E-state index contributed by atoms with van der Waals surface area (Å²) in [4.78, 5) is 12.8. The highest BCUT2D eigenvalue weighted by atomic mass is 15.1. The number of pyridine rings is 2. The monoisotopic (exact) mass is 265 g/mol. The third-order valence-corrected chi connectivity index (χ3v) is 3.17. The van der Waals surface area contributed by atoms with Crippen LogP contribution in [0.4, 0.5) is 5.82 Å². The van der Waals surface area contributed by atoms with Gasteiger partial charge in [0.1, 0.15) is 5.82 Å². The molecule has 0 aliphatic heterocycles. The second-order valence-corrected chi connectivity index (χ2v) is 4.68. The molecule has 100 valence electrons. The van der Waals surface area contributed by atoms with Gasteiger partial charge in [0.2, 0.25) is 0 Å². The van der Waals surface area contributed by atoms with Gasteiger partial charge in [0.15, 0.2) is 0 Å². The van der Waals surface area contributed by atoms with Gasteiger partial charge in [0.05, 0.1) is 29.6 Å². The van der Waals surface area contributed by atoms with Crippen LogP contribution in [0.3, 0.4) is 0 Å². The van der Waals surface area contributed by atoms with Crippen LogP contribution in [0.15, 0.2) is 43.0 Å². The van der Waals surface area contributed by atoms with Crippen molar-refractivity contribution in [3.8, 4) is 16.9 Å². The van der Waals surface area contributed by atoms with Crippen LogP contribution in [-0.2, 0) is 0 Å². The molecule has 20 heavy (non-hydrogen) atoms. The maximum Gasteiger partial charge on any atom is 0.123 e. The number of anilines is 1. The summed E-state index contributed by atoms with van der Waals surface area (Å²) in [7, 11) is 0. The Morgan fingerprint density at radius 2 is 2.00 bits per heavy atom. The molecule has 5 nitrogen and oxygen atoms in total. The molecule has 0 aliphatic carbocycles. The minimum atomic E-state index is 0.494. The van der Waals surface area contributed by atoms with Crippen molar-refractivity contribution in [2.24, 2.45) is 0 Å². The van der Waals surface area contributed by atoms with Gasteiger partial charge in [-0.3, -0.25) is 9.55 Å². The van der Waals surface area contributed by atoms with Gasteiger partial charge in [-0.1, -0.05) is 0 Å². The molecular formula is C15H15N5. The average molecular weight is 265 g/mol. The number of hydrogen-bond acceptors (Lipinski definition) is 4. The van der Waals surface area contributed by atoms with E-state index >= 15 is 0 Å². The molecule has 3 aromatic rings. The lowest BCUT2D eigenvalue weighted by Gasteiger charge is -2.11. The second kappa shape index (κ2) is 4.77. The number of hydrogen-bond donors (Lipinski definition) is 1. The van der Waals surface area contributed by atoms with Gasteiger partial charge in [-0.05, 0) is 38.1 Å². The fraction of sp³-hybridized carbons (Fsp3) is 0.133. The maximum absolute atomic E-state index is 5.75. The Labute approximate surface area is 117 Å². The molecule has 2 N–H and O–H groups in total. The number of nitrogens with zero attached hydrogens (tertiary/aromatic N) is 4. The summed E-state index contributed by atoms with van der Waals surface area (Å²) >= 11 is 0. The molecular weight excluding hydrogens is 250 g/mol. The van der Waals surface area contributed by atoms with E-state index in [2.05, 4.69) is 15.0 Å². The molecule has 0 bridgehead atoms. The summed E-state index contributed by atoms with van der Waals surface area (Å²) in [5, 5.41) is 0. The molecule has 0 unspecified atom stereocenters. The Kier molecular flexibility index (Phi) is 2.95. The van der Waals surface area contributed by atoms with Crippen LogP contribution < -0.4 is 5.73 Å². The number of aromatic nitrogens is 4. The molecule has 0 saturated heterocycles. The van der Waals surface area contributed by atoms with Crippen LogP contribution >= 0.6 is 0 Å². The minimum absolute atomic E-state index is 0.494. The molecule has 0 spiro atoms. The Morgan fingerprint density at radius 1 is 1.15 bits per heavy atom. The van der Waals surface area contributed by atoms with Crippen LogP contribution in [0, 0.1) is 13.8 Å². The van der Waals surface area contributed by atoms with Crippen LogP contribution in [-0.4, -0.2) is 19.5 Å². The molecule has 0 fully saturated rings. The first-order valence-electron chi connectivity index (χ1n) is 6.34. The molecule has 3 rings (SSSR count). The van der Waals surface area contributed by atoms with Crippen molar-refractivity contribution in [1.29, 1.82) is 0 Å². The number of rotatable bonds is 2. The molecule has 3 aromatic heterocycles. The van der Waals surface area contributed by atoms with Crippen molar-refractivity contribution >= 4 is 5.82 Å². The molecule has 0 aromatic carbocycles. The highest BCUT2D eigenvalue weighted by Crippen LogP contribution is 2.24. The molecule has 3 heterocycles. The molecule has 0 amide bonds. The van der Waals surface area contributed by atoms with E-state index in [0.717, 1.165) is 28.3 Å². The molecule has 5 heteroatoms. The zero-order valence-corrected chi connectivity index (χ0v) is 11.4. The normalized spacial score (nSPS) is 10.7. The Hall–Kier alpha value is -2.69. The summed E-state index contributed by atoms with van der Waals surface area (Å²) in [5.41, 5.74) is 10.7. The lowest BCUT2D eigenvalue weighted by atomic mass is 10.2. The predicted molar refractivity (Wildman–Crippen MR) is 78.5 cm³/mol. The number of nitrogen functional groups attached to an aromatic ring is 1. The number of imidazole rings is 1. The molecule has 0 radical (unpaired) electrons. The van der Waals surface area contributed by atoms with Crippen molar-refractivity contribution < 1.29 is 0 Å². The summed E-state index contributed by atoms with van der Waals surface area (Å²) in [6.45, 7) is 3.97. The topological polar surface area (TPSA) is 69.6 Å². The van der Waals surface area contributed by atoms with E-state index in [4.69, 9.17) is 5.73 Å². The number of aryl methyl sites for hydroxylation is 2. The Balaban J connectivity index is 2.15. The van der Waals surface area contributed by atoms with E-state index in [-0.39, 0.29) is 0 Å². The summed E-state index contributed by atoms with van der Waals surface area (Å²) < 4.78 is 2.01. The average Bonchev–Trinajstić information content (AvgIpc) is 2.87. The lowest BCUT2D eigenvalue weighted by molar-refractivity contribution is 0.996. The Morgan fingerprint density at radius 3 is 2.75 bits per heavy atom.